The summed E-state index contributed by atoms with van der Waals surface area (Å²) in [6.45, 7) is 4.27. The van der Waals surface area contributed by atoms with E-state index < -0.39 is 0 Å². The van der Waals surface area contributed by atoms with Crippen molar-refractivity contribution < 1.29 is 4.74 Å². The van der Waals surface area contributed by atoms with Gasteiger partial charge in [0, 0.05) is 18.0 Å². The summed E-state index contributed by atoms with van der Waals surface area (Å²) in [5.41, 5.74) is 2.32. The van der Waals surface area contributed by atoms with Crippen molar-refractivity contribution in [2.75, 3.05) is 36.2 Å². The van der Waals surface area contributed by atoms with Crippen LogP contribution in [-0.4, -0.2) is 32.5 Å². The highest BCUT2D eigenvalue weighted by Gasteiger charge is 2.13. The molecular weight excluding hydrogens is 354 g/mol. The van der Waals surface area contributed by atoms with Crippen LogP contribution in [0, 0.1) is 0 Å². The van der Waals surface area contributed by atoms with Gasteiger partial charge >= 0.3 is 0 Å². The monoisotopic (exact) mass is 377 g/mol. The minimum Gasteiger partial charge on any atom is -0.378 e. The number of para-hydroxylation sites is 1. The van der Waals surface area contributed by atoms with Gasteiger partial charge in [0.25, 0.3) is 0 Å². The van der Waals surface area contributed by atoms with Crippen LogP contribution in [0.1, 0.15) is 10.4 Å². The van der Waals surface area contributed by atoms with Crippen molar-refractivity contribution in [1.29, 1.82) is 0 Å². The van der Waals surface area contributed by atoms with Crippen LogP contribution in [0.5, 0.6) is 0 Å². The van der Waals surface area contributed by atoms with Crippen LogP contribution < -0.4 is 9.91 Å². The zero-order valence-electron chi connectivity index (χ0n) is 15.2. The average molecular weight is 378 g/mol. The molecule has 0 saturated carbocycles. The molecule has 1 saturated heterocycles. The molecule has 0 unspecified atom stereocenters. The third kappa shape index (κ3) is 4.76. The van der Waals surface area contributed by atoms with Crippen LogP contribution in [0.3, 0.4) is 0 Å². The van der Waals surface area contributed by atoms with E-state index in [9.17, 15) is 0 Å². The molecule has 1 aromatic heterocycles. The Labute approximate surface area is 164 Å². The minimum atomic E-state index is 0.739. The highest BCUT2D eigenvalue weighted by Crippen LogP contribution is 2.26. The van der Waals surface area contributed by atoms with Crippen molar-refractivity contribution in [3.05, 3.63) is 83.2 Å². The number of hydrogen-bond donors (Lipinski definition) is 0. The molecule has 1 aliphatic rings. The summed E-state index contributed by atoms with van der Waals surface area (Å²) >= 11 is 1.78. The fourth-order valence-electron chi connectivity index (χ4n) is 3.05. The maximum Gasteiger partial charge on any atom is 0.0916 e. The lowest BCUT2D eigenvalue weighted by Crippen LogP contribution is -2.35. The van der Waals surface area contributed by atoms with Gasteiger partial charge in [-0.2, -0.15) is 5.10 Å². The molecule has 0 radical (unpaired) electrons. The maximum atomic E-state index is 5.44. The highest BCUT2D eigenvalue weighted by molar-refractivity contribution is 7.17. The number of thiophene rings is 1. The van der Waals surface area contributed by atoms with E-state index in [-0.39, 0.29) is 0 Å². The number of anilines is 2. The van der Waals surface area contributed by atoms with Gasteiger partial charge in [0.15, 0.2) is 0 Å². The number of hydrazone groups is 1. The highest BCUT2D eigenvalue weighted by atomic mass is 32.1. The second-order valence-corrected chi connectivity index (χ2v) is 7.49. The van der Waals surface area contributed by atoms with Gasteiger partial charge in [0.2, 0.25) is 0 Å². The molecule has 2 heterocycles. The van der Waals surface area contributed by atoms with E-state index >= 15 is 0 Å². The van der Waals surface area contributed by atoms with Crippen molar-refractivity contribution in [2.24, 2.45) is 5.10 Å². The molecule has 0 bridgehead atoms. The molecule has 1 aliphatic heterocycles. The average Bonchev–Trinajstić information content (AvgIpc) is 3.22. The molecule has 0 aliphatic carbocycles. The first-order chi connectivity index (χ1) is 13.4. The summed E-state index contributed by atoms with van der Waals surface area (Å²) < 4.78 is 5.44. The van der Waals surface area contributed by atoms with E-state index in [1.54, 1.807) is 11.3 Å². The van der Waals surface area contributed by atoms with Gasteiger partial charge < -0.3 is 9.64 Å². The van der Waals surface area contributed by atoms with Gasteiger partial charge in [-0.05, 0) is 29.8 Å². The molecule has 1 fully saturated rings. The van der Waals surface area contributed by atoms with E-state index in [1.165, 1.54) is 10.6 Å². The molecule has 4 nitrogen and oxygen atoms in total. The van der Waals surface area contributed by atoms with Crippen molar-refractivity contribution in [2.45, 2.75) is 6.54 Å². The van der Waals surface area contributed by atoms with Crippen LogP contribution in [0.2, 0.25) is 0 Å². The molecule has 27 heavy (non-hydrogen) atoms. The first-order valence-corrected chi connectivity index (χ1v) is 10.0. The summed E-state index contributed by atoms with van der Waals surface area (Å²) in [7, 11) is 0. The maximum absolute atomic E-state index is 5.44. The second kappa shape index (κ2) is 8.84. The molecule has 138 valence electrons. The number of ether oxygens (including phenoxy) is 1. The van der Waals surface area contributed by atoms with E-state index in [2.05, 4.69) is 53.4 Å². The molecule has 0 N–H and O–H groups in total. The van der Waals surface area contributed by atoms with Gasteiger partial charge in [-0.3, -0.25) is 5.01 Å². The Morgan fingerprint density at radius 2 is 1.63 bits per heavy atom. The molecule has 5 heteroatoms. The van der Waals surface area contributed by atoms with E-state index in [0.717, 1.165) is 43.4 Å². The zero-order chi connectivity index (χ0) is 18.3. The lowest BCUT2D eigenvalue weighted by molar-refractivity contribution is 0.123. The van der Waals surface area contributed by atoms with Gasteiger partial charge in [0.1, 0.15) is 0 Å². The Bertz CT molecular complexity index is 858. The molecular formula is C22H23N3OS. The fraction of sp³-hybridized carbons (Fsp3) is 0.227. The van der Waals surface area contributed by atoms with Gasteiger partial charge in [-0.25, -0.2) is 0 Å². The number of nitrogens with zero attached hydrogens (tertiary/aromatic N) is 3. The largest absolute Gasteiger partial charge is 0.378 e. The predicted octanol–water partition coefficient (Wildman–Crippen LogP) is 4.63. The van der Waals surface area contributed by atoms with E-state index in [0.29, 0.717) is 0 Å². The molecule has 2 aromatic carbocycles. The number of benzene rings is 2. The van der Waals surface area contributed by atoms with Crippen LogP contribution in [0.15, 0.2) is 77.9 Å². The van der Waals surface area contributed by atoms with E-state index in [4.69, 9.17) is 9.84 Å². The topological polar surface area (TPSA) is 28.1 Å². The number of morpholine rings is 1. The summed E-state index contributed by atoms with van der Waals surface area (Å²) in [5.74, 6) is 0. The normalized spacial score (nSPS) is 14.6. The lowest BCUT2D eigenvalue weighted by atomic mass is 10.2. The van der Waals surface area contributed by atoms with Gasteiger partial charge in [-0.1, -0.05) is 48.5 Å². The third-order valence-corrected chi connectivity index (χ3v) is 5.57. The Kier molecular flexibility index (Phi) is 5.82. The van der Waals surface area contributed by atoms with Crippen molar-refractivity contribution >= 4 is 28.2 Å². The molecule has 0 amide bonds. The lowest BCUT2D eigenvalue weighted by Gasteiger charge is -2.27. The first kappa shape index (κ1) is 17.8. The van der Waals surface area contributed by atoms with Crippen LogP contribution in [0.25, 0.3) is 0 Å². The number of rotatable bonds is 6. The van der Waals surface area contributed by atoms with Crippen molar-refractivity contribution in [1.82, 2.24) is 0 Å². The number of hydrogen-bond acceptors (Lipinski definition) is 5. The molecule has 4 rings (SSSR count). The summed E-state index contributed by atoms with van der Waals surface area (Å²) in [6, 6.07) is 25.1. The Morgan fingerprint density at radius 1 is 0.926 bits per heavy atom. The quantitative estimate of drug-likeness (QED) is 0.463. The summed E-state index contributed by atoms with van der Waals surface area (Å²) in [4.78, 5) is 3.54. The zero-order valence-corrected chi connectivity index (χ0v) is 16.0. The van der Waals surface area contributed by atoms with Crippen LogP contribution >= 0.6 is 11.3 Å². The van der Waals surface area contributed by atoms with E-state index in [1.807, 2.05) is 35.5 Å². The van der Waals surface area contributed by atoms with Crippen LogP contribution in [0.4, 0.5) is 10.7 Å². The fourth-order valence-corrected chi connectivity index (χ4v) is 3.97. The predicted molar refractivity (Wildman–Crippen MR) is 114 cm³/mol. The van der Waals surface area contributed by atoms with Gasteiger partial charge in [-0.15, -0.1) is 11.3 Å². The molecule has 0 spiro atoms. The minimum absolute atomic E-state index is 0.739. The van der Waals surface area contributed by atoms with Crippen molar-refractivity contribution in [3.8, 4) is 0 Å². The summed E-state index contributed by atoms with van der Waals surface area (Å²) in [5, 5.41) is 8.12. The smallest absolute Gasteiger partial charge is 0.0916 e. The Morgan fingerprint density at radius 3 is 2.37 bits per heavy atom. The second-order valence-electron chi connectivity index (χ2n) is 6.40. The summed E-state index contributed by atoms with van der Waals surface area (Å²) in [6.07, 6.45) is 1.96. The third-order valence-electron chi connectivity index (χ3n) is 4.49. The van der Waals surface area contributed by atoms with Crippen molar-refractivity contribution in [3.63, 3.8) is 0 Å². The molecule has 0 atom stereocenters. The SMILES string of the molecule is C(=N/N(Cc1ccccc1)c1ccccc1)/c1ccc(N2CCOCC2)s1. The Balaban J connectivity index is 1.51. The van der Waals surface area contributed by atoms with Gasteiger partial charge in [0.05, 0.1) is 36.7 Å². The first-order valence-electron chi connectivity index (χ1n) is 9.21. The standard InChI is InChI=1S/C22H23N3OS/c1-3-7-19(8-4-1)18-25(20-9-5-2-6-10-20)23-17-21-11-12-22(27-21)24-13-15-26-16-14-24/h1-12,17H,13-16,18H2/b23-17-. The Hall–Kier alpha value is -2.63. The molecule has 3 aromatic rings. The van der Waals surface area contributed by atoms with Crippen LogP contribution in [-0.2, 0) is 11.3 Å².